The molecule has 1 aliphatic rings. The monoisotopic (exact) mass is 354 g/mol. The fraction of sp³-hybridized carbons (Fsp3) is 0.562. The highest BCUT2D eigenvalue weighted by molar-refractivity contribution is 9.10. The van der Waals surface area contributed by atoms with Crippen molar-refractivity contribution in [3.8, 4) is 5.75 Å². The second kappa shape index (κ2) is 8.39. The third-order valence-electron chi connectivity index (χ3n) is 3.75. The molecule has 0 saturated carbocycles. The standard InChI is InChI=1S/C16H23BrN2O2/c17-15-6-5-14(11-13(15)7-8-18)21-12-16(20)19-9-3-1-2-4-10-19/h5-6,11H,1-4,7-10,12,18H2. The minimum atomic E-state index is 0.0835. The number of hydrogen-bond acceptors (Lipinski definition) is 3. The lowest BCUT2D eigenvalue weighted by molar-refractivity contribution is -0.133. The van der Waals surface area contributed by atoms with E-state index in [0.29, 0.717) is 6.54 Å². The predicted molar refractivity (Wildman–Crippen MR) is 87.4 cm³/mol. The summed E-state index contributed by atoms with van der Waals surface area (Å²) in [5.74, 6) is 0.810. The average Bonchev–Trinajstić information content (AvgIpc) is 2.77. The van der Waals surface area contributed by atoms with Crippen LogP contribution >= 0.6 is 15.9 Å². The summed E-state index contributed by atoms with van der Waals surface area (Å²) in [6, 6.07) is 5.77. The molecular weight excluding hydrogens is 332 g/mol. The molecule has 1 amide bonds. The highest BCUT2D eigenvalue weighted by atomic mass is 79.9. The van der Waals surface area contributed by atoms with E-state index in [1.165, 1.54) is 12.8 Å². The number of amides is 1. The van der Waals surface area contributed by atoms with Gasteiger partial charge in [0.1, 0.15) is 5.75 Å². The summed E-state index contributed by atoms with van der Waals surface area (Å²) in [6.45, 7) is 2.43. The zero-order valence-corrected chi connectivity index (χ0v) is 13.9. The van der Waals surface area contributed by atoms with Crippen molar-refractivity contribution in [2.45, 2.75) is 32.1 Å². The van der Waals surface area contributed by atoms with E-state index in [0.717, 1.165) is 48.1 Å². The van der Waals surface area contributed by atoms with Crippen LogP contribution in [-0.2, 0) is 11.2 Å². The number of hydrogen-bond donors (Lipinski definition) is 1. The third-order valence-corrected chi connectivity index (χ3v) is 4.53. The molecule has 0 atom stereocenters. The van der Waals surface area contributed by atoms with E-state index >= 15 is 0 Å². The van der Waals surface area contributed by atoms with Gasteiger partial charge in [0.2, 0.25) is 0 Å². The Bertz CT molecular complexity index is 471. The molecule has 1 aromatic carbocycles. The van der Waals surface area contributed by atoms with Gasteiger partial charge in [-0.25, -0.2) is 0 Å². The van der Waals surface area contributed by atoms with Gasteiger partial charge in [-0.2, -0.15) is 0 Å². The lowest BCUT2D eigenvalue weighted by Gasteiger charge is -2.20. The van der Waals surface area contributed by atoms with E-state index in [-0.39, 0.29) is 12.5 Å². The van der Waals surface area contributed by atoms with Crippen molar-refractivity contribution >= 4 is 21.8 Å². The number of ether oxygens (including phenoxy) is 1. The number of likely N-dealkylation sites (tertiary alicyclic amines) is 1. The second-order valence-electron chi connectivity index (χ2n) is 5.38. The second-order valence-corrected chi connectivity index (χ2v) is 6.23. The smallest absolute Gasteiger partial charge is 0.260 e. The van der Waals surface area contributed by atoms with Gasteiger partial charge in [0, 0.05) is 17.6 Å². The molecule has 5 heteroatoms. The van der Waals surface area contributed by atoms with Gasteiger partial charge >= 0.3 is 0 Å². The fourth-order valence-corrected chi connectivity index (χ4v) is 2.99. The average molecular weight is 355 g/mol. The molecule has 0 aliphatic carbocycles. The maximum Gasteiger partial charge on any atom is 0.260 e. The van der Waals surface area contributed by atoms with Crippen molar-refractivity contribution < 1.29 is 9.53 Å². The first-order valence-corrected chi connectivity index (χ1v) is 8.39. The summed E-state index contributed by atoms with van der Waals surface area (Å²) in [5, 5.41) is 0. The Hall–Kier alpha value is -1.07. The predicted octanol–water partition coefficient (Wildman–Crippen LogP) is 2.73. The number of nitrogens with zero attached hydrogens (tertiary/aromatic N) is 1. The van der Waals surface area contributed by atoms with Crippen LogP contribution in [0.4, 0.5) is 0 Å². The molecule has 0 spiro atoms. The molecule has 1 aliphatic heterocycles. The topological polar surface area (TPSA) is 55.6 Å². The van der Waals surface area contributed by atoms with Crippen LogP contribution in [0.1, 0.15) is 31.2 Å². The first-order valence-electron chi connectivity index (χ1n) is 7.60. The van der Waals surface area contributed by atoms with Crippen LogP contribution in [0.15, 0.2) is 22.7 Å². The zero-order valence-electron chi connectivity index (χ0n) is 12.3. The summed E-state index contributed by atoms with van der Waals surface area (Å²) >= 11 is 3.50. The molecule has 0 unspecified atom stereocenters. The van der Waals surface area contributed by atoms with Crippen LogP contribution < -0.4 is 10.5 Å². The van der Waals surface area contributed by atoms with E-state index in [2.05, 4.69) is 15.9 Å². The van der Waals surface area contributed by atoms with Gasteiger partial charge in [0.15, 0.2) is 6.61 Å². The van der Waals surface area contributed by atoms with Gasteiger partial charge < -0.3 is 15.4 Å². The Kier molecular flexibility index (Phi) is 6.51. The molecule has 1 fully saturated rings. The van der Waals surface area contributed by atoms with Crippen molar-refractivity contribution in [2.24, 2.45) is 5.73 Å². The maximum atomic E-state index is 12.2. The van der Waals surface area contributed by atoms with Crippen molar-refractivity contribution in [2.75, 3.05) is 26.2 Å². The number of carbonyl (C=O) groups excluding carboxylic acids is 1. The van der Waals surface area contributed by atoms with E-state index in [9.17, 15) is 4.79 Å². The first kappa shape index (κ1) is 16.3. The largest absolute Gasteiger partial charge is 0.484 e. The van der Waals surface area contributed by atoms with Crippen LogP contribution in [-0.4, -0.2) is 37.0 Å². The number of nitrogens with two attached hydrogens (primary N) is 1. The molecule has 21 heavy (non-hydrogen) atoms. The van der Waals surface area contributed by atoms with Crippen LogP contribution in [0.5, 0.6) is 5.75 Å². The molecule has 2 N–H and O–H groups in total. The van der Waals surface area contributed by atoms with Crippen LogP contribution in [0, 0.1) is 0 Å². The van der Waals surface area contributed by atoms with E-state index in [4.69, 9.17) is 10.5 Å². The molecular formula is C16H23BrN2O2. The Morgan fingerprint density at radius 2 is 1.95 bits per heavy atom. The minimum absolute atomic E-state index is 0.0835. The number of halogens is 1. The van der Waals surface area contributed by atoms with E-state index in [1.54, 1.807) is 0 Å². The zero-order chi connectivity index (χ0) is 15.1. The molecule has 1 heterocycles. The Labute approximate surface area is 134 Å². The van der Waals surface area contributed by atoms with Crippen molar-refractivity contribution in [1.82, 2.24) is 4.90 Å². The summed E-state index contributed by atoms with van der Waals surface area (Å²) in [7, 11) is 0. The normalized spacial score (nSPS) is 15.6. The molecule has 116 valence electrons. The van der Waals surface area contributed by atoms with Gasteiger partial charge in [-0.15, -0.1) is 0 Å². The molecule has 0 radical (unpaired) electrons. The summed E-state index contributed by atoms with van der Waals surface area (Å²) in [6.07, 6.45) is 5.44. The third kappa shape index (κ3) is 5.00. The van der Waals surface area contributed by atoms with Gasteiger partial charge in [0.25, 0.3) is 5.91 Å². The van der Waals surface area contributed by atoms with Crippen LogP contribution in [0.25, 0.3) is 0 Å². The fourth-order valence-electron chi connectivity index (χ4n) is 2.54. The SMILES string of the molecule is NCCc1cc(OCC(=O)N2CCCCCC2)ccc1Br. The van der Waals surface area contributed by atoms with Crippen LogP contribution in [0.3, 0.4) is 0 Å². The minimum Gasteiger partial charge on any atom is -0.484 e. The quantitative estimate of drug-likeness (QED) is 0.884. The molecule has 2 rings (SSSR count). The summed E-state index contributed by atoms with van der Waals surface area (Å²) < 4.78 is 6.68. The highest BCUT2D eigenvalue weighted by Gasteiger charge is 2.16. The Morgan fingerprint density at radius 1 is 1.24 bits per heavy atom. The first-order chi connectivity index (χ1) is 10.2. The summed E-state index contributed by atoms with van der Waals surface area (Å²) in [4.78, 5) is 14.1. The number of carbonyl (C=O) groups is 1. The van der Waals surface area contributed by atoms with Gasteiger partial charge in [-0.1, -0.05) is 28.8 Å². The lowest BCUT2D eigenvalue weighted by atomic mass is 10.1. The van der Waals surface area contributed by atoms with Crippen molar-refractivity contribution in [3.05, 3.63) is 28.2 Å². The molecule has 4 nitrogen and oxygen atoms in total. The van der Waals surface area contributed by atoms with E-state index in [1.807, 2.05) is 23.1 Å². The lowest BCUT2D eigenvalue weighted by Crippen LogP contribution is -2.35. The Balaban J connectivity index is 1.89. The number of rotatable bonds is 5. The van der Waals surface area contributed by atoms with Gasteiger partial charge in [0.05, 0.1) is 0 Å². The molecule has 0 aromatic heterocycles. The highest BCUT2D eigenvalue weighted by Crippen LogP contribution is 2.23. The Morgan fingerprint density at radius 3 is 2.62 bits per heavy atom. The van der Waals surface area contributed by atoms with E-state index < -0.39 is 0 Å². The summed E-state index contributed by atoms with van der Waals surface area (Å²) in [5.41, 5.74) is 6.70. The maximum absolute atomic E-state index is 12.2. The van der Waals surface area contributed by atoms with Crippen molar-refractivity contribution in [1.29, 1.82) is 0 Å². The molecule has 1 aromatic rings. The molecule has 0 bridgehead atoms. The van der Waals surface area contributed by atoms with Gasteiger partial charge in [-0.05, 0) is 49.6 Å². The molecule has 1 saturated heterocycles. The van der Waals surface area contributed by atoms with Gasteiger partial charge in [-0.3, -0.25) is 4.79 Å². The van der Waals surface area contributed by atoms with Crippen molar-refractivity contribution in [3.63, 3.8) is 0 Å². The number of benzene rings is 1. The van der Waals surface area contributed by atoms with Crippen LogP contribution in [0.2, 0.25) is 0 Å².